The van der Waals surface area contributed by atoms with E-state index in [1.165, 1.54) is 23.0 Å². The average molecular weight is 327 g/mol. The van der Waals surface area contributed by atoms with E-state index in [1.54, 1.807) is 6.92 Å². The Labute approximate surface area is 116 Å². The highest BCUT2D eigenvalue weighted by molar-refractivity contribution is 9.10. The summed E-state index contributed by atoms with van der Waals surface area (Å²) >= 11 is 3.14. The summed E-state index contributed by atoms with van der Waals surface area (Å²) in [6, 6.07) is 2.73. The van der Waals surface area contributed by atoms with Gasteiger partial charge in [0.1, 0.15) is 11.5 Å². The van der Waals surface area contributed by atoms with E-state index < -0.39 is 0 Å². The molecule has 0 aliphatic carbocycles. The zero-order chi connectivity index (χ0) is 14.0. The first-order chi connectivity index (χ1) is 8.99. The Bertz CT molecular complexity index is 639. The number of hydrogen-bond acceptors (Lipinski definition) is 7. The highest BCUT2D eigenvalue weighted by atomic mass is 79.9. The lowest BCUT2D eigenvalue weighted by Crippen LogP contribution is -2.13. The molecule has 0 saturated heterocycles. The van der Waals surface area contributed by atoms with Crippen LogP contribution in [-0.4, -0.2) is 31.3 Å². The summed E-state index contributed by atoms with van der Waals surface area (Å²) in [7, 11) is 0. The minimum absolute atomic E-state index is 0.0556. The molecule has 19 heavy (non-hydrogen) atoms. The first kappa shape index (κ1) is 13.1. The quantitative estimate of drug-likeness (QED) is 0.378. The molecule has 1 heterocycles. The molecule has 0 radical (unpaired) electrons. The van der Waals surface area contributed by atoms with Gasteiger partial charge in [0.15, 0.2) is 5.82 Å². The van der Waals surface area contributed by atoms with Gasteiger partial charge in [-0.15, -0.1) is 10.2 Å². The number of benzene rings is 1. The van der Waals surface area contributed by atoms with Crippen molar-refractivity contribution < 1.29 is 10.2 Å². The number of phenolic OH excluding ortho intramolecular Hbond substituents is 2. The largest absolute Gasteiger partial charge is 0.507 e. The van der Waals surface area contributed by atoms with E-state index in [1.807, 2.05) is 0 Å². The molecular formula is C10H11BrN6O2. The summed E-state index contributed by atoms with van der Waals surface area (Å²) in [5.74, 6) is 6.27. The number of nitrogen functional groups attached to an aromatic ring is 1. The van der Waals surface area contributed by atoms with Crippen LogP contribution in [0.15, 0.2) is 21.7 Å². The molecule has 0 unspecified atom stereocenters. The van der Waals surface area contributed by atoms with Crippen LogP contribution < -0.4 is 11.3 Å². The SMILES string of the molecule is Cc1nnc(NN=Cc2cc(Br)c(O)cc2O)n1N. The highest BCUT2D eigenvalue weighted by Gasteiger charge is 2.06. The molecule has 0 spiro atoms. The minimum Gasteiger partial charge on any atom is -0.507 e. The molecule has 0 bridgehead atoms. The molecule has 2 aromatic rings. The van der Waals surface area contributed by atoms with Crippen molar-refractivity contribution in [3.05, 3.63) is 28.0 Å². The monoisotopic (exact) mass is 326 g/mol. The topological polar surface area (TPSA) is 122 Å². The van der Waals surface area contributed by atoms with Crippen molar-refractivity contribution in [2.24, 2.45) is 5.10 Å². The second-order valence-electron chi connectivity index (χ2n) is 3.67. The summed E-state index contributed by atoms with van der Waals surface area (Å²) < 4.78 is 1.69. The molecule has 0 aliphatic rings. The van der Waals surface area contributed by atoms with Crippen molar-refractivity contribution in [2.75, 3.05) is 11.3 Å². The number of hydrazone groups is 1. The standard InChI is InChI=1S/C10H11BrN6O2/c1-5-14-16-10(17(5)12)15-13-4-6-2-7(11)9(19)3-8(6)18/h2-4,18-19H,12H2,1H3,(H,15,16). The lowest BCUT2D eigenvalue weighted by atomic mass is 10.2. The Morgan fingerprint density at radius 1 is 1.37 bits per heavy atom. The van der Waals surface area contributed by atoms with Gasteiger partial charge in [-0.05, 0) is 28.9 Å². The zero-order valence-corrected chi connectivity index (χ0v) is 11.5. The predicted molar refractivity (Wildman–Crippen MR) is 73.6 cm³/mol. The van der Waals surface area contributed by atoms with Gasteiger partial charge < -0.3 is 16.1 Å². The number of nitrogens with zero attached hydrogens (tertiary/aromatic N) is 4. The maximum atomic E-state index is 9.61. The Kier molecular flexibility index (Phi) is 3.56. The smallest absolute Gasteiger partial charge is 0.263 e. The number of halogens is 1. The van der Waals surface area contributed by atoms with Crippen LogP contribution in [0.1, 0.15) is 11.4 Å². The molecule has 8 nitrogen and oxygen atoms in total. The first-order valence-electron chi connectivity index (χ1n) is 5.16. The fraction of sp³-hybridized carbons (Fsp3) is 0.100. The van der Waals surface area contributed by atoms with Gasteiger partial charge in [-0.25, -0.2) is 10.1 Å². The summed E-state index contributed by atoms with van der Waals surface area (Å²) in [6.07, 6.45) is 1.36. The van der Waals surface area contributed by atoms with E-state index in [2.05, 4.69) is 36.7 Å². The first-order valence-corrected chi connectivity index (χ1v) is 5.96. The van der Waals surface area contributed by atoms with Crippen LogP contribution in [0.4, 0.5) is 5.95 Å². The molecule has 1 aromatic carbocycles. The maximum absolute atomic E-state index is 9.61. The van der Waals surface area contributed by atoms with Gasteiger partial charge in [0.2, 0.25) is 0 Å². The third-order valence-corrected chi connectivity index (χ3v) is 2.97. The van der Waals surface area contributed by atoms with Gasteiger partial charge in [-0.1, -0.05) is 0 Å². The van der Waals surface area contributed by atoms with Crippen molar-refractivity contribution in [3.63, 3.8) is 0 Å². The van der Waals surface area contributed by atoms with Crippen molar-refractivity contribution in [1.29, 1.82) is 0 Å². The summed E-state index contributed by atoms with van der Waals surface area (Å²) in [5, 5.41) is 30.4. The summed E-state index contributed by atoms with van der Waals surface area (Å²) in [6.45, 7) is 1.70. The van der Waals surface area contributed by atoms with E-state index in [9.17, 15) is 10.2 Å². The molecule has 0 saturated carbocycles. The number of aromatic nitrogens is 3. The molecule has 9 heteroatoms. The van der Waals surface area contributed by atoms with Crippen molar-refractivity contribution >= 4 is 28.1 Å². The number of aryl methyl sites for hydroxylation is 1. The van der Waals surface area contributed by atoms with Crippen molar-refractivity contribution in [1.82, 2.24) is 14.9 Å². The average Bonchev–Trinajstić information content (AvgIpc) is 2.67. The number of anilines is 1. The second-order valence-corrected chi connectivity index (χ2v) is 4.53. The molecule has 0 fully saturated rings. The maximum Gasteiger partial charge on any atom is 0.263 e. The number of aromatic hydroxyl groups is 2. The van der Waals surface area contributed by atoms with E-state index in [4.69, 9.17) is 5.84 Å². The van der Waals surface area contributed by atoms with Crippen molar-refractivity contribution in [2.45, 2.75) is 6.92 Å². The lowest BCUT2D eigenvalue weighted by molar-refractivity contribution is 0.448. The number of nitrogens with two attached hydrogens (primary N) is 1. The third kappa shape index (κ3) is 2.76. The second kappa shape index (κ2) is 5.14. The van der Waals surface area contributed by atoms with Gasteiger partial charge in [0.25, 0.3) is 5.95 Å². The molecule has 5 N–H and O–H groups in total. The van der Waals surface area contributed by atoms with E-state index in [0.29, 0.717) is 15.9 Å². The van der Waals surface area contributed by atoms with Gasteiger partial charge in [-0.2, -0.15) is 5.10 Å². The van der Waals surface area contributed by atoms with Crippen LogP contribution in [-0.2, 0) is 0 Å². The van der Waals surface area contributed by atoms with E-state index in [-0.39, 0.29) is 17.4 Å². The molecular weight excluding hydrogens is 316 g/mol. The van der Waals surface area contributed by atoms with Crippen LogP contribution in [0.25, 0.3) is 0 Å². The van der Waals surface area contributed by atoms with Crippen LogP contribution in [0.3, 0.4) is 0 Å². The Morgan fingerprint density at radius 2 is 2.11 bits per heavy atom. The predicted octanol–water partition coefficient (Wildman–Crippen LogP) is 0.920. The van der Waals surface area contributed by atoms with E-state index >= 15 is 0 Å². The Hall–Kier alpha value is -2.29. The fourth-order valence-electron chi connectivity index (χ4n) is 1.27. The highest BCUT2D eigenvalue weighted by Crippen LogP contribution is 2.30. The Morgan fingerprint density at radius 3 is 2.74 bits per heavy atom. The minimum atomic E-state index is -0.100. The Balaban J connectivity index is 2.15. The van der Waals surface area contributed by atoms with Gasteiger partial charge in [0.05, 0.1) is 10.7 Å². The summed E-state index contributed by atoms with van der Waals surface area (Å²) in [5.41, 5.74) is 3.00. The van der Waals surface area contributed by atoms with Crippen LogP contribution >= 0.6 is 15.9 Å². The van der Waals surface area contributed by atoms with E-state index in [0.717, 1.165) is 0 Å². The molecule has 2 rings (SSSR count). The van der Waals surface area contributed by atoms with Gasteiger partial charge >= 0.3 is 0 Å². The molecule has 0 amide bonds. The van der Waals surface area contributed by atoms with Crippen LogP contribution in [0, 0.1) is 6.92 Å². The lowest BCUT2D eigenvalue weighted by Gasteiger charge is -2.03. The van der Waals surface area contributed by atoms with Gasteiger partial charge in [0, 0.05) is 11.6 Å². The van der Waals surface area contributed by atoms with Crippen LogP contribution in [0.5, 0.6) is 11.5 Å². The van der Waals surface area contributed by atoms with Crippen LogP contribution in [0.2, 0.25) is 0 Å². The number of rotatable bonds is 3. The number of phenols is 2. The molecule has 0 atom stereocenters. The number of hydrogen-bond donors (Lipinski definition) is 4. The summed E-state index contributed by atoms with van der Waals surface area (Å²) in [4.78, 5) is 0. The molecule has 1 aromatic heterocycles. The molecule has 0 aliphatic heterocycles. The zero-order valence-electron chi connectivity index (χ0n) is 9.87. The molecule has 100 valence electrons. The van der Waals surface area contributed by atoms with Gasteiger partial charge in [-0.3, -0.25) is 0 Å². The fourth-order valence-corrected chi connectivity index (χ4v) is 1.64. The van der Waals surface area contributed by atoms with Crippen molar-refractivity contribution in [3.8, 4) is 11.5 Å². The third-order valence-electron chi connectivity index (χ3n) is 2.33. The normalized spacial score (nSPS) is 11.1. The number of nitrogens with one attached hydrogen (secondary N) is 1.